The van der Waals surface area contributed by atoms with Crippen LogP contribution in [-0.2, 0) is 11.3 Å². The number of thiophene rings is 1. The Balaban J connectivity index is 1.55. The van der Waals surface area contributed by atoms with Crippen LogP contribution in [0, 0.1) is 6.92 Å². The predicted molar refractivity (Wildman–Crippen MR) is 79.0 cm³/mol. The summed E-state index contributed by atoms with van der Waals surface area (Å²) >= 11 is 1.68. The topological polar surface area (TPSA) is 44.8 Å². The van der Waals surface area contributed by atoms with Gasteiger partial charge >= 0.3 is 6.03 Å². The van der Waals surface area contributed by atoms with Crippen LogP contribution in [0.4, 0.5) is 4.79 Å². The fraction of sp³-hybridized carbons (Fsp3) is 0.643. The van der Waals surface area contributed by atoms with E-state index in [1.807, 2.05) is 4.90 Å². The van der Waals surface area contributed by atoms with E-state index in [0.717, 1.165) is 19.7 Å². The number of amides is 2. The lowest BCUT2D eigenvalue weighted by Crippen LogP contribution is -2.48. The minimum Gasteiger partial charge on any atom is -0.373 e. The van der Waals surface area contributed by atoms with Gasteiger partial charge in [-0.05, 0) is 35.9 Å². The first-order valence-electron chi connectivity index (χ1n) is 7.01. The Morgan fingerprint density at radius 1 is 1.50 bits per heavy atom. The number of aryl methyl sites for hydroxylation is 1. The van der Waals surface area contributed by atoms with Crippen LogP contribution in [-0.4, -0.2) is 61.3 Å². The Kier molecular flexibility index (Phi) is 3.96. The molecule has 5 nitrogen and oxygen atoms in total. The zero-order valence-corrected chi connectivity index (χ0v) is 12.8. The number of hydrogen-bond donors (Lipinski definition) is 1. The molecule has 2 atom stereocenters. The number of rotatable bonds is 2. The van der Waals surface area contributed by atoms with Gasteiger partial charge in [0.15, 0.2) is 0 Å². The van der Waals surface area contributed by atoms with Gasteiger partial charge in [0.05, 0.1) is 25.3 Å². The van der Waals surface area contributed by atoms with Gasteiger partial charge in [-0.1, -0.05) is 0 Å². The number of likely N-dealkylation sites (tertiary alicyclic amines) is 1. The van der Waals surface area contributed by atoms with Crippen LogP contribution >= 0.6 is 11.3 Å². The van der Waals surface area contributed by atoms with E-state index in [9.17, 15) is 4.79 Å². The van der Waals surface area contributed by atoms with E-state index in [1.54, 1.807) is 11.3 Å². The maximum absolute atomic E-state index is 12.2. The highest BCUT2D eigenvalue weighted by molar-refractivity contribution is 7.08. The SMILES string of the molecule is Cc1cscc1CNC(=O)N1C[C@H]2OCCN(C)[C@H]2C1. The zero-order valence-electron chi connectivity index (χ0n) is 12.0. The summed E-state index contributed by atoms with van der Waals surface area (Å²) in [6, 6.07) is 0.361. The molecule has 2 amide bonds. The van der Waals surface area contributed by atoms with E-state index in [4.69, 9.17) is 4.74 Å². The van der Waals surface area contributed by atoms with Crippen molar-refractivity contribution in [1.29, 1.82) is 0 Å². The van der Waals surface area contributed by atoms with E-state index in [1.165, 1.54) is 11.1 Å². The fourth-order valence-electron chi connectivity index (χ4n) is 2.87. The molecule has 0 unspecified atom stereocenters. The second-order valence-corrected chi connectivity index (χ2v) is 6.34. The van der Waals surface area contributed by atoms with Gasteiger partial charge in [0.2, 0.25) is 0 Å². The highest BCUT2D eigenvalue weighted by Crippen LogP contribution is 2.21. The summed E-state index contributed by atoms with van der Waals surface area (Å²) in [5, 5.41) is 7.21. The summed E-state index contributed by atoms with van der Waals surface area (Å²) in [7, 11) is 2.11. The number of nitrogens with one attached hydrogen (secondary N) is 1. The fourth-order valence-corrected chi connectivity index (χ4v) is 3.73. The molecule has 1 aromatic rings. The second kappa shape index (κ2) is 5.71. The standard InChI is InChI=1S/C14H21N3O2S/c1-10-8-20-9-11(10)5-15-14(18)17-6-12-13(7-17)19-4-3-16(12)2/h8-9,12-13H,3-7H2,1-2H3,(H,15,18)/t12-,13+/m0/s1. The number of hydrogen-bond acceptors (Lipinski definition) is 4. The first-order valence-corrected chi connectivity index (χ1v) is 7.95. The van der Waals surface area contributed by atoms with Crippen LogP contribution in [0.3, 0.4) is 0 Å². The van der Waals surface area contributed by atoms with Gasteiger partial charge in [-0.2, -0.15) is 11.3 Å². The van der Waals surface area contributed by atoms with Gasteiger partial charge in [0.25, 0.3) is 0 Å². The van der Waals surface area contributed by atoms with E-state index in [0.29, 0.717) is 19.1 Å². The van der Waals surface area contributed by atoms with Crippen molar-refractivity contribution < 1.29 is 9.53 Å². The van der Waals surface area contributed by atoms with Gasteiger partial charge in [0, 0.05) is 19.6 Å². The molecule has 2 saturated heterocycles. The maximum atomic E-state index is 12.2. The van der Waals surface area contributed by atoms with E-state index < -0.39 is 0 Å². The molecule has 3 rings (SSSR count). The molecule has 1 aromatic heterocycles. The first-order chi connectivity index (χ1) is 9.65. The monoisotopic (exact) mass is 295 g/mol. The summed E-state index contributed by atoms with van der Waals surface area (Å²) < 4.78 is 5.76. The van der Waals surface area contributed by atoms with E-state index in [-0.39, 0.29) is 12.1 Å². The van der Waals surface area contributed by atoms with Crippen LogP contribution in [0.2, 0.25) is 0 Å². The Morgan fingerprint density at radius 3 is 3.05 bits per heavy atom. The third-order valence-electron chi connectivity index (χ3n) is 4.26. The Bertz CT molecular complexity index is 491. The van der Waals surface area contributed by atoms with Crippen LogP contribution in [0.15, 0.2) is 10.8 Å². The molecule has 3 heterocycles. The zero-order chi connectivity index (χ0) is 14.1. The molecule has 0 aromatic carbocycles. The van der Waals surface area contributed by atoms with Crippen LogP contribution in [0.1, 0.15) is 11.1 Å². The van der Waals surface area contributed by atoms with Gasteiger partial charge < -0.3 is 15.0 Å². The molecule has 20 heavy (non-hydrogen) atoms. The van der Waals surface area contributed by atoms with Crippen molar-refractivity contribution in [2.75, 3.05) is 33.3 Å². The molecule has 110 valence electrons. The van der Waals surface area contributed by atoms with Crippen LogP contribution in [0.5, 0.6) is 0 Å². The summed E-state index contributed by atoms with van der Waals surface area (Å²) in [4.78, 5) is 16.4. The first kappa shape index (κ1) is 13.9. The number of likely N-dealkylation sites (N-methyl/N-ethyl adjacent to an activating group) is 1. The summed E-state index contributed by atoms with van der Waals surface area (Å²) in [5.41, 5.74) is 2.45. The van der Waals surface area contributed by atoms with Crippen molar-refractivity contribution in [3.05, 3.63) is 21.9 Å². The molecule has 2 aliphatic rings. The van der Waals surface area contributed by atoms with Crippen molar-refractivity contribution in [2.45, 2.75) is 25.6 Å². The number of urea groups is 1. The number of carbonyl (C=O) groups is 1. The molecule has 0 aliphatic carbocycles. The molecule has 6 heteroatoms. The average molecular weight is 295 g/mol. The summed E-state index contributed by atoms with van der Waals surface area (Å²) in [6.45, 7) is 5.85. The number of fused-ring (bicyclic) bond motifs is 1. The minimum atomic E-state index is 0.0157. The van der Waals surface area contributed by atoms with Crippen LogP contribution < -0.4 is 5.32 Å². The lowest BCUT2D eigenvalue weighted by Gasteiger charge is -2.33. The third kappa shape index (κ3) is 2.68. The number of nitrogens with zero attached hydrogens (tertiary/aromatic N) is 2. The van der Waals surface area contributed by atoms with E-state index in [2.05, 4.69) is 34.9 Å². The lowest BCUT2D eigenvalue weighted by atomic mass is 10.1. The normalized spacial score (nSPS) is 26.6. The number of ether oxygens (including phenoxy) is 1. The largest absolute Gasteiger partial charge is 0.373 e. The quantitative estimate of drug-likeness (QED) is 0.894. The predicted octanol–water partition coefficient (Wildman–Crippen LogP) is 1.28. The molecular weight excluding hydrogens is 274 g/mol. The number of carbonyl (C=O) groups excluding carboxylic acids is 1. The second-order valence-electron chi connectivity index (χ2n) is 5.60. The molecule has 2 aliphatic heterocycles. The summed E-state index contributed by atoms with van der Waals surface area (Å²) in [6.07, 6.45) is 0.169. The van der Waals surface area contributed by atoms with Gasteiger partial charge in [-0.3, -0.25) is 4.90 Å². The minimum absolute atomic E-state index is 0.0157. The molecule has 0 radical (unpaired) electrons. The van der Waals surface area contributed by atoms with Gasteiger partial charge in [0.1, 0.15) is 0 Å². The maximum Gasteiger partial charge on any atom is 0.317 e. The van der Waals surface area contributed by atoms with Crippen molar-refractivity contribution in [2.24, 2.45) is 0 Å². The molecule has 1 N–H and O–H groups in total. The highest BCUT2D eigenvalue weighted by Gasteiger charge is 2.40. The van der Waals surface area contributed by atoms with Crippen molar-refractivity contribution >= 4 is 17.4 Å². The molecule has 2 fully saturated rings. The van der Waals surface area contributed by atoms with Crippen LogP contribution in [0.25, 0.3) is 0 Å². The molecule has 0 saturated carbocycles. The lowest BCUT2D eigenvalue weighted by molar-refractivity contribution is -0.0367. The molecule has 0 spiro atoms. The smallest absolute Gasteiger partial charge is 0.317 e. The van der Waals surface area contributed by atoms with E-state index >= 15 is 0 Å². The Labute approximate surface area is 123 Å². The Hall–Kier alpha value is -1.11. The molecule has 0 bridgehead atoms. The van der Waals surface area contributed by atoms with Gasteiger partial charge in [-0.15, -0.1) is 0 Å². The molecular formula is C14H21N3O2S. The van der Waals surface area contributed by atoms with Crippen molar-refractivity contribution in [3.63, 3.8) is 0 Å². The third-order valence-corrected chi connectivity index (χ3v) is 5.17. The van der Waals surface area contributed by atoms with Crippen molar-refractivity contribution in [3.8, 4) is 0 Å². The highest BCUT2D eigenvalue weighted by atomic mass is 32.1. The van der Waals surface area contributed by atoms with Gasteiger partial charge in [-0.25, -0.2) is 4.79 Å². The average Bonchev–Trinajstić information content (AvgIpc) is 3.03. The number of morpholine rings is 1. The Morgan fingerprint density at radius 2 is 2.35 bits per heavy atom. The summed E-state index contributed by atoms with van der Waals surface area (Å²) in [5.74, 6) is 0. The van der Waals surface area contributed by atoms with Crippen molar-refractivity contribution in [1.82, 2.24) is 15.1 Å².